The predicted octanol–water partition coefficient (Wildman–Crippen LogP) is 5.73. The Bertz CT molecular complexity index is 1290. The van der Waals surface area contributed by atoms with E-state index < -0.39 is 6.09 Å². The van der Waals surface area contributed by atoms with Crippen LogP contribution < -0.4 is 10.6 Å². The first-order chi connectivity index (χ1) is 17.5. The van der Waals surface area contributed by atoms with Gasteiger partial charge in [0, 0.05) is 22.5 Å². The van der Waals surface area contributed by atoms with Gasteiger partial charge in [-0.1, -0.05) is 43.9 Å². The molecule has 1 atom stereocenters. The van der Waals surface area contributed by atoms with Crippen molar-refractivity contribution in [2.45, 2.75) is 45.4 Å². The lowest BCUT2D eigenvalue weighted by Gasteiger charge is -2.21. The molecule has 0 aliphatic carbocycles. The molecule has 1 fully saturated rings. The second-order valence-electron chi connectivity index (χ2n) is 9.01. The number of nitrogens with one attached hydrogen (secondary N) is 2. The number of carbonyl (C=O) groups is 2. The first kappa shape index (κ1) is 25.7. The van der Waals surface area contributed by atoms with Crippen LogP contribution in [0.1, 0.15) is 51.0 Å². The van der Waals surface area contributed by atoms with Crippen molar-refractivity contribution in [3.05, 3.63) is 47.0 Å². The zero-order valence-electron chi connectivity index (χ0n) is 20.3. The maximum Gasteiger partial charge on any atom is 0.435 e. The van der Waals surface area contributed by atoms with E-state index >= 15 is 0 Å². The Balaban J connectivity index is 1.68. The van der Waals surface area contributed by atoms with Crippen LogP contribution in [-0.2, 0) is 9.53 Å². The van der Waals surface area contributed by atoms with E-state index in [0.29, 0.717) is 40.2 Å². The molecule has 2 heterocycles. The molecule has 9 heteroatoms. The summed E-state index contributed by atoms with van der Waals surface area (Å²) in [5.41, 5.74) is 2.42. The summed E-state index contributed by atoms with van der Waals surface area (Å²) >= 11 is 6.43. The number of piperidine rings is 1. The fourth-order valence-corrected chi connectivity index (χ4v) is 4.60. The van der Waals surface area contributed by atoms with Crippen LogP contribution in [0, 0.1) is 17.2 Å². The quantitative estimate of drug-likeness (QED) is 0.377. The van der Waals surface area contributed by atoms with Crippen molar-refractivity contribution in [1.29, 1.82) is 5.26 Å². The van der Waals surface area contributed by atoms with Gasteiger partial charge in [0.05, 0.1) is 29.7 Å². The molecule has 0 saturated carbocycles. The van der Waals surface area contributed by atoms with E-state index in [1.807, 2.05) is 12.1 Å². The Morgan fingerprint density at radius 1 is 1.25 bits per heavy atom. The number of nitriles is 1. The van der Waals surface area contributed by atoms with Crippen molar-refractivity contribution in [3.63, 3.8) is 0 Å². The van der Waals surface area contributed by atoms with E-state index in [4.69, 9.17) is 16.3 Å². The fourth-order valence-electron chi connectivity index (χ4n) is 4.38. The van der Waals surface area contributed by atoms with E-state index in [1.54, 1.807) is 24.3 Å². The number of unbranched alkanes of at least 4 members (excludes halogenated alkanes) is 3. The minimum atomic E-state index is -0.589. The van der Waals surface area contributed by atoms with Gasteiger partial charge >= 0.3 is 6.09 Å². The number of ether oxygens (including phenoxy) is 1. The molecule has 0 radical (unpaired) electrons. The second-order valence-corrected chi connectivity index (χ2v) is 9.41. The fraction of sp³-hybridized carbons (Fsp3) is 0.407. The highest BCUT2D eigenvalue weighted by atomic mass is 35.5. The lowest BCUT2D eigenvalue weighted by molar-refractivity contribution is -0.120. The summed E-state index contributed by atoms with van der Waals surface area (Å²) in [5, 5.41) is 21.0. The number of aromatic nitrogens is 2. The molecule has 3 aromatic rings. The SMILES string of the molecule is CCCCCCOC(=O)n1nc(NC(=O)[C@@H]2CCCNC2)c2cc(-c3cc(C#N)ccc3Cl)ccc21. The third-order valence-electron chi connectivity index (χ3n) is 6.39. The van der Waals surface area contributed by atoms with Crippen molar-refractivity contribution in [2.24, 2.45) is 5.92 Å². The Morgan fingerprint density at radius 2 is 2.11 bits per heavy atom. The highest BCUT2D eigenvalue weighted by Crippen LogP contribution is 2.34. The molecule has 1 aromatic heterocycles. The molecular formula is C27H30ClN5O3. The summed E-state index contributed by atoms with van der Waals surface area (Å²) in [7, 11) is 0. The normalized spacial score (nSPS) is 15.4. The van der Waals surface area contributed by atoms with E-state index in [9.17, 15) is 14.9 Å². The van der Waals surface area contributed by atoms with Crippen LogP contribution in [0.5, 0.6) is 0 Å². The summed E-state index contributed by atoms with van der Waals surface area (Å²) < 4.78 is 6.66. The van der Waals surface area contributed by atoms with Crippen LogP contribution in [0.25, 0.3) is 22.0 Å². The number of halogens is 1. The maximum absolute atomic E-state index is 13.0. The van der Waals surface area contributed by atoms with E-state index in [1.165, 1.54) is 4.68 Å². The van der Waals surface area contributed by atoms with E-state index in [2.05, 4.69) is 28.7 Å². The minimum Gasteiger partial charge on any atom is -0.448 e. The summed E-state index contributed by atoms with van der Waals surface area (Å²) in [6.45, 7) is 3.94. The molecule has 2 aromatic carbocycles. The highest BCUT2D eigenvalue weighted by Gasteiger charge is 2.24. The van der Waals surface area contributed by atoms with Crippen molar-refractivity contribution in [3.8, 4) is 17.2 Å². The second kappa shape index (κ2) is 12.0. The Labute approximate surface area is 215 Å². The van der Waals surface area contributed by atoms with Gasteiger partial charge < -0.3 is 15.4 Å². The van der Waals surface area contributed by atoms with Crippen LogP contribution >= 0.6 is 11.6 Å². The number of amides is 1. The standard InChI is InChI=1S/C27H30ClN5O3/c1-2-3-4-5-13-36-27(35)33-24-11-9-19(21-14-18(16-29)8-10-23(21)28)15-22(24)25(32-33)31-26(34)20-7-6-12-30-17-20/h8-11,14-15,20,30H,2-7,12-13,17H2,1H3,(H,31,32,34)/t20-/m1/s1. The van der Waals surface area contributed by atoms with Crippen LogP contribution in [0.4, 0.5) is 10.6 Å². The van der Waals surface area contributed by atoms with Gasteiger partial charge in [-0.3, -0.25) is 4.79 Å². The van der Waals surface area contributed by atoms with Crippen LogP contribution in [0.2, 0.25) is 5.02 Å². The molecule has 0 bridgehead atoms. The third kappa shape index (κ3) is 5.86. The third-order valence-corrected chi connectivity index (χ3v) is 6.72. The van der Waals surface area contributed by atoms with Gasteiger partial charge in [-0.2, -0.15) is 9.94 Å². The van der Waals surface area contributed by atoms with Crippen molar-refractivity contribution < 1.29 is 14.3 Å². The first-order valence-corrected chi connectivity index (χ1v) is 12.8. The topological polar surface area (TPSA) is 109 Å². The maximum atomic E-state index is 13.0. The van der Waals surface area contributed by atoms with Gasteiger partial charge in [0.15, 0.2) is 5.82 Å². The van der Waals surface area contributed by atoms with Crippen LogP contribution in [0.3, 0.4) is 0 Å². The van der Waals surface area contributed by atoms with Crippen molar-refractivity contribution >= 4 is 40.3 Å². The molecule has 4 rings (SSSR count). The minimum absolute atomic E-state index is 0.142. The molecule has 1 aliphatic heterocycles. The Hall–Kier alpha value is -3.41. The van der Waals surface area contributed by atoms with Crippen molar-refractivity contribution in [1.82, 2.24) is 15.1 Å². The highest BCUT2D eigenvalue weighted by molar-refractivity contribution is 6.33. The molecule has 36 heavy (non-hydrogen) atoms. The monoisotopic (exact) mass is 507 g/mol. The molecule has 1 aliphatic rings. The molecular weight excluding hydrogens is 478 g/mol. The lowest BCUT2D eigenvalue weighted by Crippen LogP contribution is -2.37. The number of carbonyl (C=O) groups excluding carboxylic acids is 2. The lowest BCUT2D eigenvalue weighted by atomic mass is 9.98. The van der Waals surface area contributed by atoms with E-state index in [-0.39, 0.29) is 17.6 Å². The smallest absolute Gasteiger partial charge is 0.435 e. The van der Waals surface area contributed by atoms with Crippen LogP contribution in [0.15, 0.2) is 36.4 Å². The summed E-state index contributed by atoms with van der Waals surface area (Å²) in [6.07, 6.45) is 5.09. The van der Waals surface area contributed by atoms with Gasteiger partial charge in [0.2, 0.25) is 5.91 Å². The van der Waals surface area contributed by atoms with Crippen molar-refractivity contribution in [2.75, 3.05) is 25.0 Å². The van der Waals surface area contributed by atoms with Crippen LogP contribution in [-0.4, -0.2) is 41.5 Å². The number of rotatable bonds is 8. The largest absolute Gasteiger partial charge is 0.448 e. The number of hydrogen-bond acceptors (Lipinski definition) is 6. The average Bonchev–Trinajstić information content (AvgIpc) is 3.26. The molecule has 1 amide bonds. The number of anilines is 1. The predicted molar refractivity (Wildman–Crippen MR) is 140 cm³/mol. The zero-order chi connectivity index (χ0) is 25.5. The number of fused-ring (bicyclic) bond motifs is 1. The van der Waals surface area contributed by atoms with Gasteiger partial charge in [0.25, 0.3) is 0 Å². The number of nitrogens with zero attached hydrogens (tertiary/aromatic N) is 3. The molecule has 8 nitrogen and oxygen atoms in total. The molecule has 0 spiro atoms. The van der Waals surface area contributed by atoms with Gasteiger partial charge in [-0.25, -0.2) is 4.79 Å². The molecule has 1 saturated heterocycles. The van der Waals surface area contributed by atoms with Gasteiger partial charge in [0.1, 0.15) is 0 Å². The summed E-state index contributed by atoms with van der Waals surface area (Å²) in [6, 6.07) is 12.6. The first-order valence-electron chi connectivity index (χ1n) is 12.4. The number of hydrogen-bond donors (Lipinski definition) is 2. The summed E-state index contributed by atoms with van der Waals surface area (Å²) in [5.74, 6) is -0.0242. The van der Waals surface area contributed by atoms with E-state index in [0.717, 1.165) is 50.6 Å². The zero-order valence-corrected chi connectivity index (χ0v) is 21.1. The Morgan fingerprint density at radius 3 is 2.86 bits per heavy atom. The summed E-state index contributed by atoms with van der Waals surface area (Å²) in [4.78, 5) is 25.9. The number of benzene rings is 2. The Kier molecular flexibility index (Phi) is 8.57. The molecule has 188 valence electrons. The van der Waals surface area contributed by atoms with Gasteiger partial charge in [-0.05, 0) is 61.7 Å². The van der Waals surface area contributed by atoms with Gasteiger partial charge in [-0.15, -0.1) is 5.10 Å². The average molecular weight is 508 g/mol. The molecule has 0 unspecified atom stereocenters. The molecule has 2 N–H and O–H groups in total.